The second-order valence-electron chi connectivity index (χ2n) is 7.76. The second kappa shape index (κ2) is 9.60. The van der Waals surface area contributed by atoms with Crippen molar-refractivity contribution < 1.29 is 14.3 Å². The van der Waals surface area contributed by atoms with Crippen LogP contribution in [0.15, 0.2) is 61.1 Å². The van der Waals surface area contributed by atoms with Crippen molar-refractivity contribution in [3.63, 3.8) is 0 Å². The van der Waals surface area contributed by atoms with Crippen LogP contribution in [0.3, 0.4) is 0 Å². The van der Waals surface area contributed by atoms with E-state index in [0.29, 0.717) is 17.9 Å². The first kappa shape index (κ1) is 21.5. The highest BCUT2D eigenvalue weighted by molar-refractivity contribution is 5.83. The lowest BCUT2D eigenvalue weighted by Gasteiger charge is -2.20. The number of rotatable bonds is 9. The first-order chi connectivity index (χ1) is 15.6. The van der Waals surface area contributed by atoms with Gasteiger partial charge in [-0.25, -0.2) is 4.98 Å². The summed E-state index contributed by atoms with van der Waals surface area (Å²) in [6, 6.07) is 13.4. The first-order valence-electron chi connectivity index (χ1n) is 10.6. The zero-order chi connectivity index (χ0) is 22.5. The molecule has 1 amide bonds. The van der Waals surface area contributed by atoms with E-state index in [1.165, 1.54) is 10.9 Å². The normalized spacial score (nSPS) is 12.0. The number of hydrogen-bond acceptors (Lipinski definition) is 4. The molecule has 0 fully saturated rings. The van der Waals surface area contributed by atoms with Crippen LogP contribution in [0.1, 0.15) is 35.8 Å². The molecule has 1 atom stereocenters. The fraction of sp³-hybridized carbons (Fsp3) is 0.280. The van der Waals surface area contributed by atoms with E-state index in [2.05, 4.69) is 27.4 Å². The van der Waals surface area contributed by atoms with E-state index in [4.69, 9.17) is 9.47 Å². The molecule has 2 aromatic heterocycles. The van der Waals surface area contributed by atoms with Gasteiger partial charge in [-0.2, -0.15) is 0 Å². The Morgan fingerprint density at radius 3 is 2.59 bits per heavy atom. The van der Waals surface area contributed by atoms with Gasteiger partial charge in [-0.05, 0) is 42.2 Å². The van der Waals surface area contributed by atoms with Crippen molar-refractivity contribution >= 4 is 16.8 Å². The average molecular weight is 433 g/mol. The third-order valence-corrected chi connectivity index (χ3v) is 5.65. The highest BCUT2D eigenvalue weighted by Gasteiger charge is 2.22. The SMILES string of the molecule is COc1cc(OC)cc(C(NC(=O)CCCc2c[nH]c3ccccc23)c2nccn2C)c1. The number of nitrogens with zero attached hydrogens (tertiary/aromatic N) is 2. The Bertz CT molecular complexity index is 1190. The molecule has 4 aromatic rings. The maximum atomic E-state index is 12.9. The Balaban J connectivity index is 1.49. The Hall–Kier alpha value is -3.74. The van der Waals surface area contributed by atoms with Gasteiger partial charge in [-0.3, -0.25) is 4.79 Å². The van der Waals surface area contributed by atoms with Crippen LogP contribution in [-0.4, -0.2) is 34.7 Å². The van der Waals surface area contributed by atoms with Gasteiger partial charge < -0.3 is 24.3 Å². The Morgan fingerprint density at radius 2 is 1.91 bits per heavy atom. The monoisotopic (exact) mass is 432 g/mol. The number of amides is 1. The standard InChI is InChI=1S/C25H28N4O3/c1-29-12-11-26-25(29)24(18-13-19(31-2)15-20(14-18)32-3)28-23(30)10-6-7-17-16-27-22-9-5-4-8-21(17)22/h4-5,8-9,11-16,24,27H,6-7,10H2,1-3H3,(H,28,30). The minimum absolute atomic E-state index is 0.0281. The third kappa shape index (κ3) is 4.61. The Morgan fingerprint density at radius 1 is 1.16 bits per heavy atom. The topological polar surface area (TPSA) is 81.2 Å². The largest absolute Gasteiger partial charge is 0.497 e. The molecule has 0 saturated carbocycles. The molecule has 0 aliphatic heterocycles. The summed E-state index contributed by atoms with van der Waals surface area (Å²) in [7, 11) is 5.13. The maximum Gasteiger partial charge on any atom is 0.220 e. The van der Waals surface area contributed by atoms with Crippen molar-refractivity contribution in [2.24, 2.45) is 7.05 Å². The van der Waals surface area contributed by atoms with E-state index in [-0.39, 0.29) is 5.91 Å². The highest BCUT2D eigenvalue weighted by Crippen LogP contribution is 2.29. The molecule has 0 aliphatic carbocycles. The number of benzene rings is 2. The zero-order valence-corrected chi connectivity index (χ0v) is 18.6. The number of fused-ring (bicyclic) bond motifs is 1. The van der Waals surface area contributed by atoms with E-state index in [1.807, 2.05) is 54.3 Å². The number of para-hydroxylation sites is 1. The smallest absolute Gasteiger partial charge is 0.220 e. The molecular weight excluding hydrogens is 404 g/mol. The molecular formula is C25H28N4O3. The van der Waals surface area contributed by atoms with Crippen molar-refractivity contribution in [3.8, 4) is 11.5 Å². The lowest BCUT2D eigenvalue weighted by Crippen LogP contribution is -2.31. The Kier molecular flexibility index (Phi) is 6.44. The van der Waals surface area contributed by atoms with E-state index in [1.54, 1.807) is 20.4 Å². The fourth-order valence-electron chi connectivity index (χ4n) is 3.96. The molecule has 4 rings (SSSR count). The van der Waals surface area contributed by atoms with Crippen molar-refractivity contribution in [1.29, 1.82) is 0 Å². The number of imidazole rings is 1. The van der Waals surface area contributed by atoms with Crippen LogP contribution >= 0.6 is 0 Å². The summed E-state index contributed by atoms with van der Waals surface area (Å²) in [5.41, 5.74) is 3.20. The second-order valence-corrected chi connectivity index (χ2v) is 7.76. The van der Waals surface area contributed by atoms with E-state index in [0.717, 1.165) is 29.7 Å². The molecule has 2 aromatic carbocycles. The maximum absolute atomic E-state index is 12.9. The van der Waals surface area contributed by atoms with Crippen LogP contribution in [0, 0.1) is 0 Å². The number of H-pyrrole nitrogens is 1. The summed E-state index contributed by atoms with van der Waals surface area (Å²) >= 11 is 0. The summed E-state index contributed by atoms with van der Waals surface area (Å²) in [5.74, 6) is 2.03. The van der Waals surface area contributed by atoms with Gasteiger partial charge in [0.05, 0.1) is 14.2 Å². The van der Waals surface area contributed by atoms with Crippen LogP contribution in [0.4, 0.5) is 0 Å². The number of ether oxygens (including phenoxy) is 2. The number of methoxy groups -OCH3 is 2. The molecule has 2 N–H and O–H groups in total. The van der Waals surface area contributed by atoms with Gasteiger partial charge in [0.15, 0.2) is 0 Å². The molecule has 166 valence electrons. The van der Waals surface area contributed by atoms with Crippen molar-refractivity contribution in [3.05, 3.63) is 78.0 Å². The number of aromatic nitrogens is 3. The minimum Gasteiger partial charge on any atom is -0.497 e. The average Bonchev–Trinajstić information content (AvgIpc) is 3.43. The van der Waals surface area contributed by atoms with Gasteiger partial charge in [-0.1, -0.05) is 18.2 Å². The fourth-order valence-corrected chi connectivity index (χ4v) is 3.96. The minimum atomic E-state index is -0.417. The van der Waals surface area contributed by atoms with E-state index in [9.17, 15) is 4.79 Å². The van der Waals surface area contributed by atoms with Crippen LogP contribution in [0.5, 0.6) is 11.5 Å². The van der Waals surface area contributed by atoms with E-state index < -0.39 is 6.04 Å². The van der Waals surface area contributed by atoms with Gasteiger partial charge >= 0.3 is 0 Å². The lowest BCUT2D eigenvalue weighted by atomic mass is 10.0. The number of carbonyl (C=O) groups excluding carboxylic acids is 1. The molecule has 7 nitrogen and oxygen atoms in total. The molecule has 32 heavy (non-hydrogen) atoms. The summed E-state index contributed by atoms with van der Waals surface area (Å²) < 4.78 is 12.7. The molecule has 7 heteroatoms. The summed E-state index contributed by atoms with van der Waals surface area (Å²) in [4.78, 5) is 20.7. The van der Waals surface area contributed by atoms with Gasteiger partial charge in [0.2, 0.25) is 5.91 Å². The Labute approximate surface area is 187 Å². The predicted molar refractivity (Wildman–Crippen MR) is 124 cm³/mol. The summed E-state index contributed by atoms with van der Waals surface area (Å²) in [6.07, 6.45) is 7.62. The first-order valence-corrected chi connectivity index (χ1v) is 10.6. The van der Waals surface area contributed by atoms with Crippen molar-refractivity contribution in [2.75, 3.05) is 14.2 Å². The van der Waals surface area contributed by atoms with Crippen molar-refractivity contribution in [2.45, 2.75) is 25.3 Å². The molecule has 1 unspecified atom stereocenters. The molecule has 0 radical (unpaired) electrons. The van der Waals surface area contributed by atoms with Gasteiger partial charge in [0.25, 0.3) is 0 Å². The lowest BCUT2D eigenvalue weighted by molar-refractivity contribution is -0.121. The molecule has 0 saturated heterocycles. The number of aromatic amines is 1. The number of carbonyl (C=O) groups is 1. The van der Waals surface area contributed by atoms with Crippen LogP contribution in [-0.2, 0) is 18.3 Å². The van der Waals surface area contributed by atoms with Crippen LogP contribution in [0.2, 0.25) is 0 Å². The summed E-state index contributed by atoms with van der Waals surface area (Å²) in [6.45, 7) is 0. The van der Waals surface area contributed by atoms with Crippen LogP contribution < -0.4 is 14.8 Å². The van der Waals surface area contributed by atoms with E-state index >= 15 is 0 Å². The molecule has 0 aliphatic rings. The van der Waals surface area contributed by atoms with Crippen molar-refractivity contribution in [1.82, 2.24) is 19.9 Å². The van der Waals surface area contributed by atoms with Gasteiger partial charge in [-0.15, -0.1) is 0 Å². The molecule has 0 spiro atoms. The van der Waals surface area contributed by atoms with Crippen LogP contribution in [0.25, 0.3) is 10.9 Å². The van der Waals surface area contributed by atoms with Gasteiger partial charge in [0.1, 0.15) is 23.4 Å². The quantitative estimate of drug-likeness (QED) is 0.416. The number of hydrogen-bond donors (Lipinski definition) is 2. The predicted octanol–water partition coefficient (Wildman–Crippen LogP) is 4.15. The molecule has 0 bridgehead atoms. The third-order valence-electron chi connectivity index (χ3n) is 5.65. The number of nitrogens with one attached hydrogen (secondary N) is 2. The van der Waals surface area contributed by atoms with Gasteiger partial charge in [0, 0.05) is 49.0 Å². The number of aryl methyl sites for hydroxylation is 2. The molecule has 2 heterocycles. The zero-order valence-electron chi connectivity index (χ0n) is 18.6. The summed E-state index contributed by atoms with van der Waals surface area (Å²) in [5, 5.41) is 4.37. The highest BCUT2D eigenvalue weighted by atomic mass is 16.5.